The molecule has 5 rings (SSSR count). The Morgan fingerprint density at radius 3 is 2.86 bits per heavy atom. The van der Waals surface area contributed by atoms with Crippen molar-refractivity contribution in [2.45, 2.75) is 18.9 Å². The second-order valence-electron chi connectivity index (χ2n) is 8.75. The maximum absolute atomic E-state index is 13.2. The number of rotatable bonds is 5. The Morgan fingerprint density at radius 2 is 2.03 bits per heavy atom. The van der Waals surface area contributed by atoms with Crippen molar-refractivity contribution in [2.75, 3.05) is 49.8 Å². The van der Waals surface area contributed by atoms with Crippen LogP contribution in [-0.4, -0.2) is 73.0 Å². The Balaban J connectivity index is 1.26. The highest BCUT2D eigenvalue weighted by Crippen LogP contribution is 2.34. The Hall–Kier alpha value is -3.99. The van der Waals surface area contributed by atoms with E-state index in [0.717, 1.165) is 37.4 Å². The first-order chi connectivity index (χ1) is 17.5. The van der Waals surface area contributed by atoms with Crippen LogP contribution in [0.2, 0.25) is 0 Å². The van der Waals surface area contributed by atoms with Crippen LogP contribution in [-0.2, 0) is 16.0 Å². The van der Waals surface area contributed by atoms with Gasteiger partial charge in [-0.25, -0.2) is 9.37 Å². The lowest BCUT2D eigenvalue weighted by Gasteiger charge is -2.25. The minimum atomic E-state index is -0.913. The summed E-state index contributed by atoms with van der Waals surface area (Å²) < 4.78 is 24.6. The van der Waals surface area contributed by atoms with Gasteiger partial charge >= 0.3 is 0 Å². The quantitative estimate of drug-likeness (QED) is 0.557. The molecule has 1 fully saturated rings. The molecule has 0 bridgehead atoms. The molecule has 1 saturated heterocycles. The first-order valence-corrected chi connectivity index (χ1v) is 11.8. The molecule has 0 radical (unpaired) electrons. The van der Waals surface area contributed by atoms with Gasteiger partial charge in [-0.2, -0.15) is 0 Å². The Bertz CT molecular complexity index is 1240. The van der Waals surface area contributed by atoms with Gasteiger partial charge in [-0.05, 0) is 42.3 Å². The summed E-state index contributed by atoms with van der Waals surface area (Å²) in [6.45, 7) is 3.02. The summed E-state index contributed by atoms with van der Waals surface area (Å²) in [5.74, 6) is -0.298. The van der Waals surface area contributed by atoms with E-state index in [-0.39, 0.29) is 24.2 Å². The fourth-order valence-electron chi connectivity index (χ4n) is 4.29. The average Bonchev–Trinajstić information content (AvgIpc) is 3.13. The zero-order chi connectivity index (χ0) is 25.1. The SMILES string of the molecule is CN1C(=O)[C@@H](NC(=O)c2n[nH]c(Cc3ccc(F)cc3)n2)COc2ccc(N3CCCOCC3)cc21. The number of carbonyl (C=O) groups is 2. The molecule has 11 heteroatoms. The van der Waals surface area contributed by atoms with Crippen molar-refractivity contribution >= 4 is 23.2 Å². The van der Waals surface area contributed by atoms with Crippen LogP contribution in [0.15, 0.2) is 42.5 Å². The van der Waals surface area contributed by atoms with E-state index in [2.05, 4.69) is 25.4 Å². The number of fused-ring (bicyclic) bond motifs is 1. The number of aromatic amines is 1. The Kier molecular flexibility index (Phi) is 6.81. The molecule has 3 heterocycles. The molecule has 0 aliphatic carbocycles. The lowest BCUT2D eigenvalue weighted by Crippen LogP contribution is -2.49. The first kappa shape index (κ1) is 23.7. The van der Waals surface area contributed by atoms with Crippen LogP contribution in [0.25, 0.3) is 0 Å². The summed E-state index contributed by atoms with van der Waals surface area (Å²) >= 11 is 0. The topological polar surface area (TPSA) is 113 Å². The molecule has 1 aromatic heterocycles. The van der Waals surface area contributed by atoms with Crippen molar-refractivity contribution in [3.63, 3.8) is 0 Å². The summed E-state index contributed by atoms with van der Waals surface area (Å²) in [5, 5.41) is 9.37. The molecule has 2 amide bonds. The first-order valence-electron chi connectivity index (χ1n) is 11.8. The minimum Gasteiger partial charge on any atom is -0.489 e. The van der Waals surface area contributed by atoms with Crippen molar-refractivity contribution in [1.29, 1.82) is 0 Å². The molecule has 3 aromatic rings. The van der Waals surface area contributed by atoms with Gasteiger partial charge in [0.1, 0.15) is 30.0 Å². The van der Waals surface area contributed by atoms with Crippen molar-refractivity contribution < 1.29 is 23.5 Å². The van der Waals surface area contributed by atoms with Crippen molar-refractivity contribution in [3.05, 3.63) is 65.5 Å². The number of hydrogen-bond acceptors (Lipinski definition) is 7. The van der Waals surface area contributed by atoms with Crippen molar-refractivity contribution in [1.82, 2.24) is 20.5 Å². The maximum atomic E-state index is 13.2. The number of H-pyrrole nitrogens is 1. The minimum absolute atomic E-state index is 0.0221. The van der Waals surface area contributed by atoms with E-state index >= 15 is 0 Å². The van der Waals surface area contributed by atoms with Crippen LogP contribution in [0, 0.1) is 5.82 Å². The van der Waals surface area contributed by atoms with Gasteiger partial charge in [0, 0.05) is 38.9 Å². The van der Waals surface area contributed by atoms with E-state index in [1.54, 1.807) is 19.2 Å². The molecule has 2 N–H and O–H groups in total. The van der Waals surface area contributed by atoms with Gasteiger partial charge in [0.15, 0.2) is 0 Å². The summed E-state index contributed by atoms with van der Waals surface area (Å²) in [6, 6.07) is 10.8. The summed E-state index contributed by atoms with van der Waals surface area (Å²) in [6.07, 6.45) is 1.29. The summed E-state index contributed by atoms with van der Waals surface area (Å²) in [7, 11) is 1.66. The third-order valence-corrected chi connectivity index (χ3v) is 6.25. The Labute approximate surface area is 207 Å². The smallest absolute Gasteiger partial charge is 0.291 e. The van der Waals surface area contributed by atoms with Crippen LogP contribution < -0.4 is 19.9 Å². The Morgan fingerprint density at radius 1 is 1.19 bits per heavy atom. The molecule has 0 unspecified atom stereocenters. The molecule has 2 aliphatic rings. The van der Waals surface area contributed by atoms with Crippen LogP contribution >= 0.6 is 0 Å². The van der Waals surface area contributed by atoms with Crippen molar-refractivity contribution in [2.24, 2.45) is 0 Å². The van der Waals surface area contributed by atoms with E-state index < -0.39 is 11.9 Å². The number of carbonyl (C=O) groups excluding carboxylic acids is 2. The highest BCUT2D eigenvalue weighted by molar-refractivity contribution is 6.02. The molecular weight excluding hydrogens is 467 g/mol. The van der Waals surface area contributed by atoms with Crippen LogP contribution in [0.5, 0.6) is 5.75 Å². The number of amides is 2. The van der Waals surface area contributed by atoms with Crippen LogP contribution in [0.3, 0.4) is 0 Å². The summed E-state index contributed by atoms with van der Waals surface area (Å²) in [5.41, 5.74) is 2.44. The molecule has 0 spiro atoms. The van der Waals surface area contributed by atoms with E-state index in [1.165, 1.54) is 17.0 Å². The number of likely N-dealkylation sites (N-methyl/N-ethyl adjacent to an activating group) is 1. The monoisotopic (exact) mass is 494 g/mol. The number of benzene rings is 2. The van der Waals surface area contributed by atoms with Crippen LogP contribution in [0.1, 0.15) is 28.4 Å². The fraction of sp³-hybridized carbons (Fsp3) is 0.360. The lowest BCUT2D eigenvalue weighted by molar-refractivity contribution is -0.120. The second-order valence-corrected chi connectivity index (χ2v) is 8.75. The number of anilines is 2. The number of aromatic nitrogens is 3. The number of hydrogen-bond donors (Lipinski definition) is 2. The van der Waals surface area contributed by atoms with Gasteiger partial charge in [0.05, 0.1) is 12.3 Å². The highest BCUT2D eigenvalue weighted by Gasteiger charge is 2.32. The van der Waals surface area contributed by atoms with Gasteiger partial charge in [0.25, 0.3) is 11.8 Å². The number of ether oxygens (including phenoxy) is 2. The molecule has 2 aromatic carbocycles. The zero-order valence-electron chi connectivity index (χ0n) is 19.9. The predicted octanol–water partition coefficient (Wildman–Crippen LogP) is 1.92. The maximum Gasteiger partial charge on any atom is 0.291 e. The predicted molar refractivity (Wildman–Crippen MR) is 130 cm³/mol. The normalized spacial score (nSPS) is 18.2. The molecule has 2 aliphatic heterocycles. The van der Waals surface area contributed by atoms with E-state index in [9.17, 15) is 14.0 Å². The van der Waals surface area contributed by atoms with Gasteiger partial charge in [-0.1, -0.05) is 12.1 Å². The third kappa shape index (κ3) is 5.15. The fourth-order valence-corrected chi connectivity index (χ4v) is 4.29. The molecule has 36 heavy (non-hydrogen) atoms. The number of nitrogens with zero attached hydrogens (tertiary/aromatic N) is 4. The largest absolute Gasteiger partial charge is 0.489 e. The lowest BCUT2D eigenvalue weighted by atomic mass is 10.1. The summed E-state index contributed by atoms with van der Waals surface area (Å²) in [4.78, 5) is 34.0. The molecule has 188 valence electrons. The standard InChI is InChI=1S/C25H27FN6O4/c1-31-20-14-18(32-9-2-11-35-12-10-32)7-8-21(20)36-15-19(25(31)34)27-24(33)23-28-22(29-30-23)13-16-3-5-17(26)6-4-16/h3-8,14,19H,2,9-13,15H2,1H3,(H,27,33)(H,28,29,30)/t19-/m0/s1. The molecular formula is C25H27FN6O4. The average molecular weight is 495 g/mol. The van der Waals surface area contributed by atoms with E-state index in [4.69, 9.17) is 9.47 Å². The van der Waals surface area contributed by atoms with Gasteiger partial charge < -0.3 is 24.6 Å². The molecule has 10 nitrogen and oxygen atoms in total. The molecule has 1 atom stereocenters. The molecule has 0 saturated carbocycles. The third-order valence-electron chi connectivity index (χ3n) is 6.25. The van der Waals surface area contributed by atoms with Gasteiger partial charge in [-0.3, -0.25) is 14.7 Å². The van der Waals surface area contributed by atoms with E-state index in [1.807, 2.05) is 18.2 Å². The van der Waals surface area contributed by atoms with Gasteiger partial charge in [0.2, 0.25) is 5.82 Å². The highest BCUT2D eigenvalue weighted by atomic mass is 19.1. The number of halogens is 1. The van der Waals surface area contributed by atoms with E-state index in [0.29, 0.717) is 30.3 Å². The second kappa shape index (κ2) is 10.3. The number of nitrogens with one attached hydrogen (secondary N) is 2. The zero-order valence-corrected chi connectivity index (χ0v) is 19.9. The van der Waals surface area contributed by atoms with Crippen molar-refractivity contribution in [3.8, 4) is 5.75 Å². The van der Waals surface area contributed by atoms with Crippen LogP contribution in [0.4, 0.5) is 15.8 Å². The van der Waals surface area contributed by atoms with Gasteiger partial charge in [-0.15, -0.1) is 5.10 Å².